The maximum Gasteiger partial charge on any atom is 0.220 e. The van der Waals surface area contributed by atoms with Crippen LogP contribution in [0.15, 0.2) is 6.07 Å². The number of carbonyl (C=O) groups excluding carboxylic acids is 1. The van der Waals surface area contributed by atoms with Crippen LogP contribution in [-0.4, -0.2) is 29.0 Å². The molecule has 116 valence electrons. The third-order valence-corrected chi connectivity index (χ3v) is 3.60. The van der Waals surface area contributed by atoms with Gasteiger partial charge in [0.1, 0.15) is 11.6 Å². The van der Waals surface area contributed by atoms with Crippen molar-refractivity contribution < 1.29 is 4.79 Å². The van der Waals surface area contributed by atoms with Crippen LogP contribution in [0, 0.1) is 12.8 Å². The molecule has 1 N–H and O–H groups in total. The van der Waals surface area contributed by atoms with Crippen LogP contribution < -0.4 is 10.2 Å². The number of nitrogens with one attached hydrogen (secondary N) is 1. The van der Waals surface area contributed by atoms with Gasteiger partial charge in [-0.1, -0.05) is 13.8 Å². The van der Waals surface area contributed by atoms with Crippen molar-refractivity contribution in [1.82, 2.24) is 15.3 Å². The fourth-order valence-electron chi connectivity index (χ4n) is 2.60. The van der Waals surface area contributed by atoms with E-state index in [1.807, 2.05) is 26.8 Å². The van der Waals surface area contributed by atoms with Crippen LogP contribution in [-0.2, 0) is 11.3 Å². The first kappa shape index (κ1) is 15.7. The molecule has 2 heterocycles. The van der Waals surface area contributed by atoms with Crippen LogP contribution >= 0.6 is 0 Å². The molecule has 0 saturated carbocycles. The molecule has 1 fully saturated rings. The first-order valence-corrected chi connectivity index (χ1v) is 7.91. The highest BCUT2D eigenvalue weighted by Gasteiger charge is 2.14. The Bertz CT molecular complexity index is 481. The van der Waals surface area contributed by atoms with E-state index in [9.17, 15) is 4.79 Å². The summed E-state index contributed by atoms with van der Waals surface area (Å²) in [6, 6.07) is 2.03. The molecule has 1 aliphatic rings. The van der Waals surface area contributed by atoms with Gasteiger partial charge >= 0.3 is 0 Å². The number of rotatable bonds is 5. The number of amides is 1. The molecule has 0 unspecified atom stereocenters. The Labute approximate surface area is 127 Å². The molecule has 2 rings (SSSR count). The minimum absolute atomic E-state index is 0.0645. The largest absolute Gasteiger partial charge is 0.357 e. The Balaban J connectivity index is 1.99. The SMILES string of the molecule is Cc1cc(N2CCCCC2)nc(CNC(=O)CC(C)C)n1. The molecular weight excluding hydrogens is 264 g/mol. The number of nitrogens with zero attached hydrogens (tertiary/aromatic N) is 3. The highest BCUT2D eigenvalue weighted by Crippen LogP contribution is 2.18. The summed E-state index contributed by atoms with van der Waals surface area (Å²) in [5, 5.41) is 2.91. The van der Waals surface area contributed by atoms with Gasteiger partial charge in [-0.2, -0.15) is 0 Å². The second kappa shape index (κ2) is 7.38. The van der Waals surface area contributed by atoms with Crippen LogP contribution in [0.3, 0.4) is 0 Å². The van der Waals surface area contributed by atoms with Gasteiger partial charge in [-0.05, 0) is 32.1 Å². The lowest BCUT2D eigenvalue weighted by atomic mass is 10.1. The van der Waals surface area contributed by atoms with E-state index in [1.54, 1.807) is 0 Å². The van der Waals surface area contributed by atoms with Crippen LogP contribution in [0.25, 0.3) is 0 Å². The van der Waals surface area contributed by atoms with Gasteiger partial charge < -0.3 is 10.2 Å². The lowest BCUT2D eigenvalue weighted by Crippen LogP contribution is -2.31. The minimum atomic E-state index is 0.0645. The molecule has 5 heteroatoms. The summed E-state index contributed by atoms with van der Waals surface area (Å²) in [7, 11) is 0. The summed E-state index contributed by atoms with van der Waals surface area (Å²) >= 11 is 0. The fraction of sp³-hybridized carbons (Fsp3) is 0.688. The highest BCUT2D eigenvalue weighted by molar-refractivity contribution is 5.75. The minimum Gasteiger partial charge on any atom is -0.357 e. The van der Waals surface area contributed by atoms with E-state index in [2.05, 4.69) is 20.2 Å². The van der Waals surface area contributed by atoms with Gasteiger partial charge in [0.25, 0.3) is 0 Å². The third kappa shape index (κ3) is 4.99. The number of aromatic nitrogens is 2. The van der Waals surface area contributed by atoms with Gasteiger partial charge in [-0.25, -0.2) is 9.97 Å². The molecule has 0 radical (unpaired) electrons. The van der Waals surface area contributed by atoms with Gasteiger partial charge in [0.05, 0.1) is 6.54 Å². The molecule has 1 amide bonds. The first-order chi connectivity index (χ1) is 10.0. The molecule has 0 atom stereocenters. The van der Waals surface area contributed by atoms with E-state index >= 15 is 0 Å². The van der Waals surface area contributed by atoms with Gasteiger partial charge in [0, 0.05) is 31.3 Å². The molecule has 21 heavy (non-hydrogen) atoms. The molecule has 1 aromatic rings. The van der Waals surface area contributed by atoms with Crippen LogP contribution in [0.4, 0.5) is 5.82 Å². The van der Waals surface area contributed by atoms with Gasteiger partial charge in [-0.3, -0.25) is 4.79 Å². The van der Waals surface area contributed by atoms with Crippen molar-refractivity contribution in [2.75, 3.05) is 18.0 Å². The quantitative estimate of drug-likeness (QED) is 0.905. The number of aryl methyl sites for hydroxylation is 1. The average molecular weight is 290 g/mol. The zero-order valence-electron chi connectivity index (χ0n) is 13.4. The zero-order valence-corrected chi connectivity index (χ0v) is 13.4. The Morgan fingerprint density at radius 3 is 2.67 bits per heavy atom. The van der Waals surface area contributed by atoms with E-state index in [-0.39, 0.29) is 5.91 Å². The Morgan fingerprint density at radius 1 is 1.29 bits per heavy atom. The number of hydrogen-bond acceptors (Lipinski definition) is 4. The monoisotopic (exact) mass is 290 g/mol. The third-order valence-electron chi connectivity index (χ3n) is 3.60. The molecule has 0 spiro atoms. The highest BCUT2D eigenvalue weighted by atomic mass is 16.1. The van der Waals surface area contributed by atoms with Crippen molar-refractivity contribution >= 4 is 11.7 Å². The normalized spacial score (nSPS) is 15.3. The van der Waals surface area contributed by atoms with Crippen molar-refractivity contribution in [1.29, 1.82) is 0 Å². The van der Waals surface area contributed by atoms with Crippen molar-refractivity contribution in [2.24, 2.45) is 5.92 Å². The summed E-state index contributed by atoms with van der Waals surface area (Å²) in [6.45, 7) is 8.60. The summed E-state index contributed by atoms with van der Waals surface area (Å²) in [4.78, 5) is 23.1. The average Bonchev–Trinajstić information content (AvgIpc) is 2.45. The molecule has 1 saturated heterocycles. The smallest absolute Gasteiger partial charge is 0.220 e. The van der Waals surface area contributed by atoms with E-state index in [1.165, 1.54) is 19.3 Å². The molecule has 1 aliphatic heterocycles. The van der Waals surface area contributed by atoms with Gasteiger partial charge in [0.2, 0.25) is 5.91 Å². The number of piperidine rings is 1. The van der Waals surface area contributed by atoms with Gasteiger partial charge in [0.15, 0.2) is 0 Å². The fourth-order valence-corrected chi connectivity index (χ4v) is 2.60. The van der Waals surface area contributed by atoms with E-state index in [0.717, 1.165) is 24.6 Å². The van der Waals surface area contributed by atoms with Crippen LogP contribution in [0.1, 0.15) is 51.0 Å². The summed E-state index contributed by atoms with van der Waals surface area (Å²) < 4.78 is 0. The van der Waals surface area contributed by atoms with Crippen molar-refractivity contribution in [3.63, 3.8) is 0 Å². The molecule has 5 nitrogen and oxygen atoms in total. The Hall–Kier alpha value is -1.65. The zero-order chi connectivity index (χ0) is 15.2. The van der Waals surface area contributed by atoms with Crippen molar-refractivity contribution in [2.45, 2.75) is 53.0 Å². The molecular formula is C16H26N4O. The Kier molecular flexibility index (Phi) is 5.53. The van der Waals surface area contributed by atoms with E-state index < -0.39 is 0 Å². The standard InChI is InChI=1S/C16H26N4O/c1-12(2)9-16(21)17-11-14-18-13(3)10-15(19-14)20-7-5-4-6-8-20/h10,12H,4-9,11H2,1-3H3,(H,17,21). The Morgan fingerprint density at radius 2 is 2.00 bits per heavy atom. The maximum atomic E-state index is 11.7. The molecule has 1 aromatic heterocycles. The summed E-state index contributed by atoms with van der Waals surface area (Å²) in [6.07, 6.45) is 4.30. The summed E-state index contributed by atoms with van der Waals surface area (Å²) in [5.74, 6) is 2.13. The maximum absolute atomic E-state index is 11.7. The van der Waals surface area contributed by atoms with Crippen LogP contribution in [0.5, 0.6) is 0 Å². The second-order valence-electron chi connectivity index (χ2n) is 6.21. The first-order valence-electron chi connectivity index (χ1n) is 7.91. The van der Waals surface area contributed by atoms with E-state index in [4.69, 9.17) is 0 Å². The predicted octanol–water partition coefficient (Wildman–Crippen LogP) is 2.44. The van der Waals surface area contributed by atoms with Crippen molar-refractivity contribution in [3.05, 3.63) is 17.6 Å². The summed E-state index contributed by atoms with van der Waals surface area (Å²) in [5.41, 5.74) is 0.957. The lowest BCUT2D eigenvalue weighted by molar-refractivity contribution is -0.122. The van der Waals surface area contributed by atoms with Crippen LogP contribution in [0.2, 0.25) is 0 Å². The molecule has 0 aliphatic carbocycles. The number of carbonyl (C=O) groups is 1. The van der Waals surface area contributed by atoms with Gasteiger partial charge in [-0.15, -0.1) is 0 Å². The lowest BCUT2D eigenvalue weighted by Gasteiger charge is -2.28. The predicted molar refractivity (Wildman–Crippen MR) is 84.1 cm³/mol. The number of anilines is 1. The molecule has 0 bridgehead atoms. The topological polar surface area (TPSA) is 58.1 Å². The second-order valence-corrected chi connectivity index (χ2v) is 6.21. The molecule has 0 aromatic carbocycles. The van der Waals surface area contributed by atoms with Crippen molar-refractivity contribution in [3.8, 4) is 0 Å². The van der Waals surface area contributed by atoms with E-state index in [0.29, 0.717) is 24.7 Å². The number of hydrogen-bond donors (Lipinski definition) is 1.